The molecule has 1 saturated heterocycles. The Bertz CT molecular complexity index is 563. The minimum atomic E-state index is -0.657. The fourth-order valence-electron chi connectivity index (χ4n) is 3.12. The Hall–Kier alpha value is -1.32. The second-order valence-corrected chi connectivity index (χ2v) is 5.60. The van der Waals surface area contributed by atoms with Crippen molar-refractivity contribution in [1.82, 2.24) is 9.88 Å². The standard InChI is InChI=1S/C16H22N2O/c1-2-18-10-3-7-16(19,8-11-18)14-4-5-15-13(12-14)6-9-17-15/h4-6,9,12,17,19H,2-3,7-8,10-11H2,1H3. The Morgan fingerprint density at radius 1 is 1.26 bits per heavy atom. The number of aromatic nitrogens is 1. The first-order valence-electron chi connectivity index (χ1n) is 7.24. The third kappa shape index (κ3) is 2.40. The Labute approximate surface area is 114 Å². The van der Waals surface area contributed by atoms with Crippen LogP contribution in [0, 0.1) is 0 Å². The summed E-state index contributed by atoms with van der Waals surface area (Å²) in [5, 5.41) is 12.2. The van der Waals surface area contributed by atoms with Crippen LogP contribution in [0.3, 0.4) is 0 Å². The summed E-state index contributed by atoms with van der Waals surface area (Å²) in [6.07, 6.45) is 4.70. The summed E-state index contributed by atoms with van der Waals surface area (Å²) < 4.78 is 0. The SMILES string of the molecule is CCN1CCCC(O)(c2ccc3[nH]ccc3c2)CC1. The van der Waals surface area contributed by atoms with Crippen LogP contribution >= 0.6 is 0 Å². The van der Waals surface area contributed by atoms with Crippen molar-refractivity contribution in [1.29, 1.82) is 0 Å². The van der Waals surface area contributed by atoms with Gasteiger partial charge in [-0.15, -0.1) is 0 Å². The van der Waals surface area contributed by atoms with Gasteiger partial charge in [-0.05, 0) is 61.5 Å². The predicted molar refractivity (Wildman–Crippen MR) is 78.2 cm³/mol. The molecule has 1 fully saturated rings. The van der Waals surface area contributed by atoms with E-state index in [-0.39, 0.29) is 0 Å². The van der Waals surface area contributed by atoms with E-state index in [0.29, 0.717) is 0 Å². The van der Waals surface area contributed by atoms with Gasteiger partial charge in [0.15, 0.2) is 0 Å². The summed E-state index contributed by atoms with van der Waals surface area (Å²) in [5.74, 6) is 0. The normalized spacial score (nSPS) is 25.6. The summed E-state index contributed by atoms with van der Waals surface area (Å²) in [7, 11) is 0. The van der Waals surface area contributed by atoms with Crippen LogP contribution in [0.2, 0.25) is 0 Å². The Kier molecular flexibility index (Phi) is 3.33. The summed E-state index contributed by atoms with van der Waals surface area (Å²) in [5.41, 5.74) is 1.55. The van der Waals surface area contributed by atoms with Crippen molar-refractivity contribution in [2.75, 3.05) is 19.6 Å². The highest BCUT2D eigenvalue weighted by Crippen LogP contribution is 2.34. The number of nitrogens with one attached hydrogen (secondary N) is 1. The zero-order chi connectivity index (χ0) is 13.3. The van der Waals surface area contributed by atoms with Gasteiger partial charge in [0, 0.05) is 18.3 Å². The predicted octanol–water partition coefficient (Wildman–Crippen LogP) is 2.86. The van der Waals surface area contributed by atoms with E-state index in [2.05, 4.69) is 41.1 Å². The number of nitrogens with zero attached hydrogens (tertiary/aromatic N) is 1. The highest BCUT2D eigenvalue weighted by Gasteiger charge is 2.31. The van der Waals surface area contributed by atoms with E-state index in [1.165, 1.54) is 5.39 Å². The molecule has 0 aliphatic carbocycles. The molecule has 1 aromatic heterocycles. The van der Waals surface area contributed by atoms with Gasteiger partial charge in [-0.1, -0.05) is 13.0 Å². The average molecular weight is 258 g/mol. The van der Waals surface area contributed by atoms with E-state index in [4.69, 9.17) is 0 Å². The van der Waals surface area contributed by atoms with Gasteiger partial charge in [-0.3, -0.25) is 0 Å². The van der Waals surface area contributed by atoms with Gasteiger partial charge in [0.05, 0.1) is 5.60 Å². The number of hydrogen-bond donors (Lipinski definition) is 2. The molecule has 3 rings (SSSR count). The molecule has 0 saturated carbocycles. The lowest BCUT2D eigenvalue weighted by Crippen LogP contribution is -2.29. The second kappa shape index (κ2) is 4.99. The van der Waals surface area contributed by atoms with Crippen molar-refractivity contribution >= 4 is 10.9 Å². The minimum Gasteiger partial charge on any atom is -0.385 e. The molecule has 102 valence electrons. The van der Waals surface area contributed by atoms with Crippen LogP contribution in [0.15, 0.2) is 30.5 Å². The van der Waals surface area contributed by atoms with Gasteiger partial charge >= 0.3 is 0 Å². The zero-order valence-electron chi connectivity index (χ0n) is 11.5. The molecule has 2 aromatic rings. The van der Waals surface area contributed by atoms with E-state index >= 15 is 0 Å². The van der Waals surface area contributed by atoms with Gasteiger partial charge < -0.3 is 15.0 Å². The fraction of sp³-hybridized carbons (Fsp3) is 0.500. The summed E-state index contributed by atoms with van der Waals surface area (Å²) in [4.78, 5) is 5.62. The van der Waals surface area contributed by atoms with Crippen molar-refractivity contribution in [2.24, 2.45) is 0 Å². The molecule has 0 bridgehead atoms. The smallest absolute Gasteiger partial charge is 0.0909 e. The number of rotatable bonds is 2. The van der Waals surface area contributed by atoms with E-state index in [1.807, 2.05) is 6.20 Å². The lowest BCUT2D eigenvalue weighted by atomic mass is 9.86. The largest absolute Gasteiger partial charge is 0.385 e. The molecule has 1 unspecified atom stereocenters. The highest BCUT2D eigenvalue weighted by atomic mass is 16.3. The lowest BCUT2D eigenvalue weighted by Gasteiger charge is -2.27. The molecule has 19 heavy (non-hydrogen) atoms. The molecule has 0 amide bonds. The number of H-pyrrole nitrogens is 1. The highest BCUT2D eigenvalue weighted by molar-refractivity contribution is 5.80. The van der Waals surface area contributed by atoms with Crippen molar-refractivity contribution in [3.63, 3.8) is 0 Å². The van der Waals surface area contributed by atoms with Gasteiger partial charge in [-0.2, -0.15) is 0 Å². The molecule has 1 aromatic carbocycles. The lowest BCUT2D eigenvalue weighted by molar-refractivity contribution is 0.0215. The summed E-state index contributed by atoms with van der Waals surface area (Å²) in [6, 6.07) is 8.34. The molecular formula is C16H22N2O. The van der Waals surface area contributed by atoms with Gasteiger partial charge in [0.2, 0.25) is 0 Å². The van der Waals surface area contributed by atoms with Crippen LogP contribution in [0.25, 0.3) is 10.9 Å². The molecule has 2 N–H and O–H groups in total. The summed E-state index contributed by atoms with van der Waals surface area (Å²) >= 11 is 0. The van der Waals surface area contributed by atoms with E-state index < -0.39 is 5.60 Å². The van der Waals surface area contributed by atoms with Crippen LogP contribution in [-0.4, -0.2) is 34.6 Å². The van der Waals surface area contributed by atoms with Gasteiger partial charge in [0.25, 0.3) is 0 Å². The zero-order valence-corrected chi connectivity index (χ0v) is 11.5. The molecule has 3 heteroatoms. The number of benzene rings is 1. The minimum absolute atomic E-state index is 0.657. The number of aromatic amines is 1. The average Bonchev–Trinajstić information content (AvgIpc) is 2.81. The van der Waals surface area contributed by atoms with Gasteiger partial charge in [-0.25, -0.2) is 0 Å². The molecule has 2 heterocycles. The van der Waals surface area contributed by atoms with Crippen LogP contribution < -0.4 is 0 Å². The molecule has 1 atom stereocenters. The molecule has 1 aliphatic heterocycles. The number of hydrogen-bond acceptors (Lipinski definition) is 2. The first kappa shape index (κ1) is 12.7. The third-order valence-electron chi connectivity index (χ3n) is 4.44. The molecule has 0 spiro atoms. The quantitative estimate of drug-likeness (QED) is 0.869. The molecule has 3 nitrogen and oxygen atoms in total. The number of fused-ring (bicyclic) bond motifs is 1. The topological polar surface area (TPSA) is 39.3 Å². The molecular weight excluding hydrogens is 236 g/mol. The van der Waals surface area contributed by atoms with Crippen molar-refractivity contribution in [3.8, 4) is 0 Å². The van der Waals surface area contributed by atoms with E-state index in [9.17, 15) is 5.11 Å². The monoisotopic (exact) mass is 258 g/mol. The van der Waals surface area contributed by atoms with Gasteiger partial charge in [0.1, 0.15) is 0 Å². The summed E-state index contributed by atoms with van der Waals surface area (Å²) in [6.45, 7) is 5.35. The van der Waals surface area contributed by atoms with Crippen LogP contribution in [0.1, 0.15) is 31.7 Å². The van der Waals surface area contributed by atoms with Crippen LogP contribution in [-0.2, 0) is 5.60 Å². The van der Waals surface area contributed by atoms with Crippen molar-refractivity contribution in [2.45, 2.75) is 31.8 Å². The first-order valence-corrected chi connectivity index (χ1v) is 7.24. The van der Waals surface area contributed by atoms with Crippen LogP contribution in [0.4, 0.5) is 0 Å². The maximum absolute atomic E-state index is 11.0. The first-order chi connectivity index (χ1) is 9.21. The Morgan fingerprint density at radius 3 is 3.00 bits per heavy atom. The fourth-order valence-corrected chi connectivity index (χ4v) is 3.12. The Morgan fingerprint density at radius 2 is 2.16 bits per heavy atom. The number of aliphatic hydroxyl groups is 1. The maximum Gasteiger partial charge on any atom is 0.0909 e. The van der Waals surface area contributed by atoms with E-state index in [0.717, 1.165) is 50.0 Å². The number of likely N-dealkylation sites (tertiary alicyclic amines) is 1. The molecule has 0 radical (unpaired) electrons. The van der Waals surface area contributed by atoms with Crippen LogP contribution in [0.5, 0.6) is 0 Å². The second-order valence-electron chi connectivity index (χ2n) is 5.60. The van der Waals surface area contributed by atoms with Crippen molar-refractivity contribution < 1.29 is 5.11 Å². The van der Waals surface area contributed by atoms with E-state index in [1.54, 1.807) is 0 Å². The third-order valence-corrected chi connectivity index (χ3v) is 4.44. The maximum atomic E-state index is 11.0. The molecule has 1 aliphatic rings. The van der Waals surface area contributed by atoms with Crippen molar-refractivity contribution in [3.05, 3.63) is 36.0 Å². The Balaban J connectivity index is 1.90.